The van der Waals surface area contributed by atoms with Crippen molar-refractivity contribution in [1.82, 2.24) is 10.9 Å². The van der Waals surface area contributed by atoms with Crippen LogP contribution in [0.5, 0.6) is 0 Å². The number of nitrogens with zero attached hydrogens (tertiary/aromatic N) is 1. The summed E-state index contributed by atoms with van der Waals surface area (Å²) in [5.41, 5.74) is 8.64. The predicted octanol–water partition coefficient (Wildman–Crippen LogP) is 1.42. The second-order valence-corrected chi connectivity index (χ2v) is 3.61. The zero-order valence-electron chi connectivity index (χ0n) is 8.49. The monoisotopic (exact) mass is 189 g/mol. The molecule has 0 aliphatic carbocycles. The van der Waals surface area contributed by atoms with E-state index >= 15 is 0 Å². The molecule has 0 spiro atoms. The molecule has 1 unspecified atom stereocenters. The van der Waals surface area contributed by atoms with Crippen LogP contribution in [0.25, 0.3) is 0 Å². The third-order valence-electron chi connectivity index (χ3n) is 2.36. The second kappa shape index (κ2) is 3.72. The van der Waals surface area contributed by atoms with Crippen LogP contribution in [-0.4, -0.2) is 14.1 Å². The predicted molar refractivity (Wildman–Crippen MR) is 58.9 cm³/mol. The molecule has 1 aliphatic rings. The van der Waals surface area contributed by atoms with Crippen LogP contribution in [0.3, 0.4) is 0 Å². The van der Waals surface area contributed by atoms with Crippen LogP contribution >= 0.6 is 0 Å². The van der Waals surface area contributed by atoms with Gasteiger partial charge in [0.25, 0.3) is 0 Å². The number of rotatable bonds is 2. The van der Waals surface area contributed by atoms with Gasteiger partial charge in [-0.1, -0.05) is 12.1 Å². The van der Waals surface area contributed by atoms with E-state index in [4.69, 9.17) is 0 Å². The van der Waals surface area contributed by atoms with Crippen molar-refractivity contribution in [3.63, 3.8) is 0 Å². The smallest absolute Gasteiger partial charge is 0.0708 e. The average Bonchev–Trinajstić information content (AvgIpc) is 2.71. The van der Waals surface area contributed by atoms with Crippen LogP contribution in [0, 0.1) is 0 Å². The van der Waals surface area contributed by atoms with Gasteiger partial charge in [0.05, 0.1) is 6.04 Å². The molecule has 2 N–H and O–H groups in total. The highest BCUT2D eigenvalue weighted by atomic mass is 15.4. The topological polar surface area (TPSA) is 27.3 Å². The summed E-state index contributed by atoms with van der Waals surface area (Å²) >= 11 is 0. The molecular formula is C11H15N3. The molecule has 1 heterocycles. The quantitative estimate of drug-likeness (QED) is 0.736. The Balaban J connectivity index is 2.25. The molecule has 0 bridgehead atoms. The standard InChI is InChI=1S/C11H15N3/c1-14(2)10-5-3-4-9(8-10)11-6-7-12-13-11/h3-8,11-13H,1-2H3. The minimum Gasteiger partial charge on any atom is -0.378 e. The summed E-state index contributed by atoms with van der Waals surface area (Å²) in [6.07, 6.45) is 4.03. The van der Waals surface area contributed by atoms with Crippen molar-refractivity contribution in [3.05, 3.63) is 42.1 Å². The van der Waals surface area contributed by atoms with Gasteiger partial charge in [-0.2, -0.15) is 0 Å². The fourth-order valence-electron chi connectivity index (χ4n) is 1.52. The third kappa shape index (κ3) is 1.72. The van der Waals surface area contributed by atoms with Crippen LogP contribution in [0.2, 0.25) is 0 Å². The molecule has 1 aromatic rings. The summed E-state index contributed by atoms with van der Waals surface area (Å²) in [6.45, 7) is 0. The fraction of sp³-hybridized carbons (Fsp3) is 0.273. The highest BCUT2D eigenvalue weighted by molar-refractivity contribution is 5.48. The molecule has 0 saturated heterocycles. The molecular weight excluding hydrogens is 174 g/mol. The van der Waals surface area contributed by atoms with Gasteiger partial charge in [-0.25, -0.2) is 5.43 Å². The van der Waals surface area contributed by atoms with Gasteiger partial charge in [0.15, 0.2) is 0 Å². The number of hydrogen-bond acceptors (Lipinski definition) is 3. The molecule has 0 radical (unpaired) electrons. The minimum atomic E-state index is 0.287. The lowest BCUT2D eigenvalue weighted by Gasteiger charge is -2.15. The number of nitrogens with one attached hydrogen (secondary N) is 2. The van der Waals surface area contributed by atoms with Crippen molar-refractivity contribution in [3.8, 4) is 0 Å². The third-order valence-corrected chi connectivity index (χ3v) is 2.36. The molecule has 0 aromatic heterocycles. The van der Waals surface area contributed by atoms with Crippen LogP contribution in [-0.2, 0) is 0 Å². The van der Waals surface area contributed by atoms with Crippen molar-refractivity contribution >= 4 is 5.69 Å². The number of hydrazine groups is 1. The molecule has 3 heteroatoms. The molecule has 0 saturated carbocycles. The van der Waals surface area contributed by atoms with Gasteiger partial charge in [0, 0.05) is 26.0 Å². The highest BCUT2D eigenvalue weighted by Gasteiger charge is 2.10. The van der Waals surface area contributed by atoms with Gasteiger partial charge in [0.1, 0.15) is 0 Å². The summed E-state index contributed by atoms with van der Waals surface area (Å²) in [6, 6.07) is 8.79. The lowest BCUT2D eigenvalue weighted by Crippen LogP contribution is -2.24. The van der Waals surface area contributed by atoms with Crippen molar-refractivity contribution in [2.45, 2.75) is 6.04 Å². The zero-order valence-corrected chi connectivity index (χ0v) is 8.49. The first-order valence-corrected chi connectivity index (χ1v) is 4.72. The molecule has 14 heavy (non-hydrogen) atoms. The largest absolute Gasteiger partial charge is 0.378 e. The Kier molecular flexibility index (Phi) is 2.41. The van der Waals surface area contributed by atoms with Gasteiger partial charge in [-0.3, -0.25) is 0 Å². The van der Waals surface area contributed by atoms with Crippen molar-refractivity contribution in [2.24, 2.45) is 0 Å². The molecule has 2 rings (SSSR count). The summed E-state index contributed by atoms with van der Waals surface area (Å²) in [5.74, 6) is 0. The molecule has 1 aliphatic heterocycles. The van der Waals surface area contributed by atoms with Crippen molar-refractivity contribution in [1.29, 1.82) is 0 Å². The van der Waals surface area contributed by atoms with Crippen molar-refractivity contribution < 1.29 is 0 Å². The first-order valence-electron chi connectivity index (χ1n) is 4.72. The number of hydrogen-bond donors (Lipinski definition) is 2. The van der Waals surface area contributed by atoms with E-state index in [0.717, 1.165) is 0 Å². The average molecular weight is 189 g/mol. The van der Waals surface area contributed by atoms with Gasteiger partial charge >= 0.3 is 0 Å². The first kappa shape index (κ1) is 9.09. The Labute approximate surface area is 84.4 Å². The molecule has 0 amide bonds. The summed E-state index contributed by atoms with van der Waals surface area (Å²) in [4.78, 5) is 2.11. The highest BCUT2D eigenvalue weighted by Crippen LogP contribution is 2.21. The van der Waals surface area contributed by atoms with E-state index in [2.05, 4.69) is 60.2 Å². The summed E-state index contributed by atoms with van der Waals surface area (Å²) in [5, 5.41) is 0. The molecule has 3 nitrogen and oxygen atoms in total. The van der Waals surface area contributed by atoms with E-state index in [-0.39, 0.29) is 6.04 Å². The first-order chi connectivity index (χ1) is 6.77. The zero-order chi connectivity index (χ0) is 9.97. The lowest BCUT2D eigenvalue weighted by molar-refractivity contribution is 0.610. The van der Waals surface area contributed by atoms with E-state index in [9.17, 15) is 0 Å². The Hall–Kier alpha value is -1.48. The Morgan fingerprint density at radius 2 is 2.14 bits per heavy atom. The van der Waals surface area contributed by atoms with Gasteiger partial charge in [-0.15, -0.1) is 0 Å². The maximum Gasteiger partial charge on any atom is 0.0708 e. The fourth-order valence-corrected chi connectivity index (χ4v) is 1.52. The normalized spacial score (nSPS) is 19.4. The number of anilines is 1. The van der Waals surface area contributed by atoms with Crippen LogP contribution in [0.4, 0.5) is 5.69 Å². The van der Waals surface area contributed by atoms with Gasteiger partial charge < -0.3 is 10.3 Å². The maximum atomic E-state index is 3.16. The van der Waals surface area contributed by atoms with Crippen LogP contribution in [0.15, 0.2) is 36.5 Å². The lowest BCUT2D eigenvalue weighted by atomic mass is 10.1. The minimum absolute atomic E-state index is 0.287. The van der Waals surface area contributed by atoms with E-state index in [1.54, 1.807) is 0 Å². The van der Waals surface area contributed by atoms with E-state index < -0.39 is 0 Å². The Morgan fingerprint density at radius 3 is 2.79 bits per heavy atom. The Bertz CT molecular complexity index is 344. The van der Waals surface area contributed by atoms with Crippen molar-refractivity contribution in [2.75, 3.05) is 19.0 Å². The van der Waals surface area contributed by atoms with E-state index in [0.29, 0.717) is 0 Å². The van der Waals surface area contributed by atoms with E-state index in [1.807, 2.05) is 6.20 Å². The van der Waals surface area contributed by atoms with Gasteiger partial charge in [-0.05, 0) is 23.8 Å². The van der Waals surface area contributed by atoms with Gasteiger partial charge in [0.2, 0.25) is 0 Å². The second-order valence-electron chi connectivity index (χ2n) is 3.61. The maximum absolute atomic E-state index is 3.16. The SMILES string of the molecule is CN(C)c1cccc(C2C=CNN2)c1. The van der Waals surface area contributed by atoms with E-state index in [1.165, 1.54) is 11.3 Å². The molecule has 1 aromatic carbocycles. The molecule has 1 atom stereocenters. The summed E-state index contributed by atoms with van der Waals surface area (Å²) in [7, 11) is 4.10. The van der Waals surface area contributed by atoms with Crippen LogP contribution < -0.4 is 15.8 Å². The number of benzene rings is 1. The Morgan fingerprint density at radius 1 is 1.29 bits per heavy atom. The van der Waals surface area contributed by atoms with Crippen LogP contribution in [0.1, 0.15) is 11.6 Å². The molecule has 74 valence electrons. The summed E-state index contributed by atoms with van der Waals surface area (Å²) < 4.78 is 0. The molecule has 0 fully saturated rings.